The molecule has 0 spiro atoms. The molecule has 0 radical (unpaired) electrons. The monoisotopic (exact) mass is 339 g/mol. The Kier molecular flexibility index (Phi) is 7.88. The molecule has 7 nitrogen and oxygen atoms in total. The van der Waals surface area contributed by atoms with Gasteiger partial charge in [0.05, 0.1) is 26.9 Å². The lowest BCUT2D eigenvalue weighted by Crippen LogP contribution is -2.30. The normalized spacial score (nSPS) is 10.2. The van der Waals surface area contributed by atoms with Crippen LogP contribution in [0, 0.1) is 5.92 Å². The molecule has 0 saturated heterocycles. The van der Waals surface area contributed by atoms with E-state index < -0.39 is 5.97 Å². The van der Waals surface area contributed by atoms with Gasteiger partial charge in [0, 0.05) is 6.54 Å². The van der Waals surface area contributed by atoms with Gasteiger partial charge in [-0.2, -0.15) is 0 Å². The van der Waals surface area contributed by atoms with Gasteiger partial charge in [-0.3, -0.25) is 4.79 Å². The van der Waals surface area contributed by atoms with Crippen LogP contribution >= 0.6 is 0 Å². The SMILES string of the molecule is COc1cc(C(=O)OCC(=O)NCCC(C)C)cc(OC)c1OC. The Balaban J connectivity index is 2.69. The zero-order valence-electron chi connectivity index (χ0n) is 14.8. The molecule has 0 saturated carbocycles. The minimum Gasteiger partial charge on any atom is -0.493 e. The molecule has 1 rings (SSSR count). The fourth-order valence-corrected chi connectivity index (χ4v) is 1.96. The van der Waals surface area contributed by atoms with Crippen LogP contribution < -0.4 is 19.5 Å². The first-order valence-electron chi connectivity index (χ1n) is 7.66. The van der Waals surface area contributed by atoms with E-state index >= 15 is 0 Å². The van der Waals surface area contributed by atoms with Gasteiger partial charge in [-0.25, -0.2) is 4.79 Å². The molecular formula is C17H25NO6. The van der Waals surface area contributed by atoms with Crippen molar-refractivity contribution in [2.24, 2.45) is 5.92 Å². The summed E-state index contributed by atoms with van der Waals surface area (Å²) in [5, 5.41) is 2.70. The van der Waals surface area contributed by atoms with Gasteiger partial charge in [-0.05, 0) is 24.5 Å². The maximum Gasteiger partial charge on any atom is 0.338 e. The van der Waals surface area contributed by atoms with Gasteiger partial charge in [0.2, 0.25) is 5.75 Å². The van der Waals surface area contributed by atoms with Crippen molar-refractivity contribution in [1.82, 2.24) is 5.32 Å². The molecular weight excluding hydrogens is 314 g/mol. The highest BCUT2D eigenvalue weighted by Gasteiger charge is 2.18. The molecule has 134 valence electrons. The van der Waals surface area contributed by atoms with Crippen molar-refractivity contribution in [1.29, 1.82) is 0 Å². The molecule has 1 amide bonds. The summed E-state index contributed by atoms with van der Waals surface area (Å²) in [6.07, 6.45) is 0.868. The largest absolute Gasteiger partial charge is 0.493 e. The number of carbonyl (C=O) groups excluding carboxylic acids is 2. The van der Waals surface area contributed by atoms with Gasteiger partial charge in [0.1, 0.15) is 0 Å². The summed E-state index contributed by atoms with van der Waals surface area (Å²) in [5.41, 5.74) is 0.208. The molecule has 0 aliphatic heterocycles. The smallest absolute Gasteiger partial charge is 0.338 e. The van der Waals surface area contributed by atoms with E-state index in [4.69, 9.17) is 18.9 Å². The predicted molar refractivity (Wildman–Crippen MR) is 88.8 cm³/mol. The molecule has 0 bridgehead atoms. The van der Waals surface area contributed by atoms with Crippen LogP contribution in [0.15, 0.2) is 12.1 Å². The van der Waals surface area contributed by atoms with Crippen LogP contribution in [0.2, 0.25) is 0 Å². The highest BCUT2D eigenvalue weighted by Crippen LogP contribution is 2.38. The summed E-state index contributed by atoms with van der Waals surface area (Å²) in [6, 6.07) is 2.95. The third kappa shape index (κ3) is 5.64. The van der Waals surface area contributed by atoms with Crippen molar-refractivity contribution in [2.75, 3.05) is 34.5 Å². The molecule has 24 heavy (non-hydrogen) atoms. The number of methoxy groups -OCH3 is 3. The van der Waals surface area contributed by atoms with Crippen molar-refractivity contribution >= 4 is 11.9 Å². The Morgan fingerprint density at radius 1 is 1.04 bits per heavy atom. The number of carbonyl (C=O) groups is 2. The maximum atomic E-state index is 12.1. The number of esters is 1. The Bertz CT molecular complexity index is 545. The minimum absolute atomic E-state index is 0.208. The first-order chi connectivity index (χ1) is 11.4. The van der Waals surface area contributed by atoms with E-state index in [2.05, 4.69) is 19.2 Å². The third-order valence-corrected chi connectivity index (χ3v) is 3.28. The third-order valence-electron chi connectivity index (χ3n) is 3.28. The lowest BCUT2D eigenvalue weighted by Gasteiger charge is -2.13. The summed E-state index contributed by atoms with van der Waals surface area (Å²) >= 11 is 0. The first-order valence-corrected chi connectivity index (χ1v) is 7.66. The number of hydrogen-bond donors (Lipinski definition) is 1. The van der Waals surface area contributed by atoms with Crippen LogP contribution in [0.25, 0.3) is 0 Å². The highest BCUT2D eigenvalue weighted by molar-refractivity contribution is 5.92. The fraction of sp³-hybridized carbons (Fsp3) is 0.529. The van der Waals surface area contributed by atoms with Crippen LogP contribution in [-0.4, -0.2) is 46.4 Å². The number of hydrogen-bond acceptors (Lipinski definition) is 6. The quantitative estimate of drug-likeness (QED) is 0.693. The van der Waals surface area contributed by atoms with Crippen molar-refractivity contribution in [3.05, 3.63) is 17.7 Å². The van der Waals surface area contributed by atoms with Gasteiger partial charge in [-0.15, -0.1) is 0 Å². The van der Waals surface area contributed by atoms with Gasteiger partial charge in [-0.1, -0.05) is 13.8 Å². The van der Waals surface area contributed by atoms with E-state index in [1.165, 1.54) is 33.5 Å². The van der Waals surface area contributed by atoms with Crippen LogP contribution in [0.3, 0.4) is 0 Å². The number of amides is 1. The Morgan fingerprint density at radius 3 is 2.08 bits per heavy atom. The summed E-state index contributed by atoms with van der Waals surface area (Å²) in [6.45, 7) is 4.35. The molecule has 1 N–H and O–H groups in total. The summed E-state index contributed by atoms with van der Waals surface area (Å²) in [4.78, 5) is 23.8. The number of benzene rings is 1. The maximum absolute atomic E-state index is 12.1. The average molecular weight is 339 g/mol. The van der Waals surface area contributed by atoms with Crippen LogP contribution in [0.4, 0.5) is 0 Å². The van der Waals surface area contributed by atoms with Crippen LogP contribution in [-0.2, 0) is 9.53 Å². The Hall–Kier alpha value is -2.44. The van der Waals surface area contributed by atoms with Crippen LogP contribution in [0.5, 0.6) is 17.2 Å². The van der Waals surface area contributed by atoms with Crippen LogP contribution in [0.1, 0.15) is 30.6 Å². The van der Waals surface area contributed by atoms with Crippen molar-refractivity contribution in [2.45, 2.75) is 20.3 Å². The van der Waals surface area contributed by atoms with Crippen molar-refractivity contribution in [3.63, 3.8) is 0 Å². The molecule has 0 atom stereocenters. The molecule has 0 aliphatic rings. The summed E-state index contributed by atoms with van der Waals surface area (Å²) < 4.78 is 20.6. The first kappa shape index (κ1) is 19.6. The van der Waals surface area contributed by atoms with E-state index in [9.17, 15) is 9.59 Å². The number of rotatable bonds is 9. The number of ether oxygens (including phenoxy) is 4. The van der Waals surface area contributed by atoms with E-state index in [0.717, 1.165) is 6.42 Å². The minimum atomic E-state index is -0.645. The molecule has 0 fully saturated rings. The number of nitrogens with one attached hydrogen (secondary N) is 1. The topological polar surface area (TPSA) is 83.1 Å². The van der Waals surface area contributed by atoms with Gasteiger partial charge in [0.25, 0.3) is 5.91 Å². The highest BCUT2D eigenvalue weighted by atomic mass is 16.5. The van der Waals surface area contributed by atoms with Gasteiger partial charge in [0.15, 0.2) is 18.1 Å². The van der Waals surface area contributed by atoms with E-state index in [1.54, 1.807) is 0 Å². The van der Waals surface area contributed by atoms with Gasteiger partial charge >= 0.3 is 5.97 Å². The Labute approximate surface area is 142 Å². The molecule has 1 aromatic rings. The van der Waals surface area contributed by atoms with Crippen molar-refractivity contribution in [3.8, 4) is 17.2 Å². The molecule has 0 aliphatic carbocycles. The molecule has 0 aromatic heterocycles. The predicted octanol–water partition coefficient (Wildman–Crippen LogP) is 2.03. The lowest BCUT2D eigenvalue weighted by molar-refractivity contribution is -0.124. The molecule has 0 heterocycles. The second-order valence-electron chi connectivity index (χ2n) is 5.52. The second-order valence-corrected chi connectivity index (χ2v) is 5.52. The average Bonchev–Trinajstić information content (AvgIpc) is 2.57. The zero-order valence-corrected chi connectivity index (χ0v) is 14.8. The molecule has 1 aromatic carbocycles. The lowest BCUT2D eigenvalue weighted by atomic mass is 10.1. The molecule has 7 heteroatoms. The standard InChI is InChI=1S/C17H25NO6/c1-11(2)6-7-18-15(19)10-24-17(20)12-8-13(21-3)16(23-5)14(9-12)22-4/h8-9,11H,6-7,10H2,1-5H3,(H,18,19). The van der Waals surface area contributed by atoms with Crippen molar-refractivity contribution < 1.29 is 28.5 Å². The zero-order chi connectivity index (χ0) is 18.1. The van der Waals surface area contributed by atoms with Gasteiger partial charge < -0.3 is 24.3 Å². The van der Waals surface area contributed by atoms with E-state index in [-0.39, 0.29) is 18.1 Å². The second kappa shape index (κ2) is 9.64. The summed E-state index contributed by atoms with van der Waals surface area (Å²) in [5.74, 6) is 0.565. The molecule has 0 unspecified atom stereocenters. The van der Waals surface area contributed by atoms with E-state index in [0.29, 0.717) is 29.7 Å². The summed E-state index contributed by atoms with van der Waals surface area (Å²) in [7, 11) is 4.38. The van der Waals surface area contributed by atoms with E-state index in [1.807, 2.05) is 0 Å². The Morgan fingerprint density at radius 2 is 1.62 bits per heavy atom. The fourth-order valence-electron chi connectivity index (χ4n) is 1.96.